The molecule has 0 aromatic heterocycles. The quantitative estimate of drug-likeness (QED) is 0.494. The summed E-state index contributed by atoms with van der Waals surface area (Å²) in [6.07, 6.45) is 25.5. The highest BCUT2D eigenvalue weighted by molar-refractivity contribution is 5.04. The van der Waals surface area contributed by atoms with Gasteiger partial charge in [0, 0.05) is 0 Å². The van der Waals surface area contributed by atoms with Gasteiger partial charge in [-0.15, -0.1) is 0 Å². The maximum absolute atomic E-state index is 3.27. The fraction of sp³-hybridized carbons (Fsp3) is 0.429. The SMILES string of the molecule is [C]1=C/CCC/C=C\CC/C=C\C=C\C/1. The van der Waals surface area contributed by atoms with Crippen LogP contribution < -0.4 is 0 Å². The second-order valence-corrected chi connectivity index (χ2v) is 3.45. The van der Waals surface area contributed by atoms with Crippen molar-refractivity contribution in [1.82, 2.24) is 0 Å². The van der Waals surface area contributed by atoms with Crippen LogP contribution in [0.2, 0.25) is 0 Å². The van der Waals surface area contributed by atoms with Crippen LogP contribution in [-0.2, 0) is 0 Å². The van der Waals surface area contributed by atoms with Crippen LogP contribution in [0, 0.1) is 6.08 Å². The lowest BCUT2D eigenvalue weighted by molar-refractivity contribution is 0.858. The summed E-state index contributed by atoms with van der Waals surface area (Å²) in [7, 11) is 0. The molecule has 1 aliphatic rings. The highest BCUT2D eigenvalue weighted by atomic mass is 13.9. The number of hydrogen-bond acceptors (Lipinski definition) is 0. The van der Waals surface area contributed by atoms with Gasteiger partial charge in [0.15, 0.2) is 0 Å². The van der Waals surface area contributed by atoms with Crippen LogP contribution in [0.3, 0.4) is 0 Å². The van der Waals surface area contributed by atoms with E-state index in [9.17, 15) is 0 Å². The van der Waals surface area contributed by atoms with Crippen molar-refractivity contribution in [1.29, 1.82) is 0 Å². The van der Waals surface area contributed by atoms with Crippen LogP contribution in [0.15, 0.2) is 42.5 Å². The molecule has 1 aliphatic carbocycles. The summed E-state index contributed by atoms with van der Waals surface area (Å²) in [5, 5.41) is 0. The first-order chi connectivity index (χ1) is 7.00. The zero-order valence-electron chi connectivity index (χ0n) is 8.78. The highest BCUT2D eigenvalue weighted by Gasteiger charge is 1.82. The molecule has 0 aliphatic heterocycles. The van der Waals surface area contributed by atoms with Crippen LogP contribution in [-0.4, -0.2) is 0 Å². The van der Waals surface area contributed by atoms with E-state index >= 15 is 0 Å². The largest absolute Gasteiger partial charge is 0.0885 e. The van der Waals surface area contributed by atoms with Crippen molar-refractivity contribution in [2.45, 2.75) is 38.5 Å². The Hall–Kier alpha value is -1.04. The van der Waals surface area contributed by atoms with Gasteiger partial charge in [0.05, 0.1) is 0 Å². The predicted octanol–water partition coefficient (Wildman–Crippen LogP) is 4.37. The van der Waals surface area contributed by atoms with E-state index in [0.29, 0.717) is 0 Å². The molecule has 0 N–H and O–H groups in total. The summed E-state index contributed by atoms with van der Waals surface area (Å²) in [4.78, 5) is 0. The van der Waals surface area contributed by atoms with E-state index in [4.69, 9.17) is 0 Å². The first kappa shape index (κ1) is 11.0. The Morgan fingerprint density at radius 1 is 0.714 bits per heavy atom. The van der Waals surface area contributed by atoms with E-state index in [1.807, 2.05) is 0 Å². The van der Waals surface area contributed by atoms with Gasteiger partial charge in [-0.25, -0.2) is 0 Å². The van der Waals surface area contributed by atoms with Crippen LogP contribution in [0.25, 0.3) is 0 Å². The molecule has 0 fully saturated rings. The van der Waals surface area contributed by atoms with E-state index in [1.54, 1.807) is 0 Å². The van der Waals surface area contributed by atoms with Gasteiger partial charge in [-0.3, -0.25) is 0 Å². The van der Waals surface area contributed by atoms with Crippen LogP contribution in [0.1, 0.15) is 38.5 Å². The normalized spacial score (nSPS) is 28.6. The number of allylic oxidation sites excluding steroid dienone is 8. The van der Waals surface area contributed by atoms with Crippen molar-refractivity contribution in [3.63, 3.8) is 0 Å². The molecule has 1 radical (unpaired) electrons. The molecule has 0 amide bonds. The second kappa shape index (κ2) is 8.55. The number of rotatable bonds is 0. The van der Waals surface area contributed by atoms with Crippen molar-refractivity contribution in [3.05, 3.63) is 48.6 Å². The minimum atomic E-state index is 0.945. The van der Waals surface area contributed by atoms with Crippen molar-refractivity contribution >= 4 is 0 Å². The van der Waals surface area contributed by atoms with E-state index < -0.39 is 0 Å². The molecule has 0 aromatic rings. The summed E-state index contributed by atoms with van der Waals surface area (Å²) in [5.41, 5.74) is 0. The Morgan fingerprint density at radius 2 is 1.50 bits per heavy atom. The molecule has 0 heteroatoms. The molecule has 75 valence electrons. The van der Waals surface area contributed by atoms with E-state index in [0.717, 1.165) is 19.3 Å². The van der Waals surface area contributed by atoms with E-state index in [1.165, 1.54) is 19.3 Å². The smallest absolute Gasteiger partial charge is 0.00948 e. The first-order valence-corrected chi connectivity index (χ1v) is 5.52. The minimum absolute atomic E-state index is 0.945. The molecular weight excluding hydrogens is 168 g/mol. The average molecular weight is 187 g/mol. The molecule has 0 saturated carbocycles. The Morgan fingerprint density at radius 3 is 2.50 bits per heavy atom. The summed E-state index contributed by atoms with van der Waals surface area (Å²) in [6, 6.07) is 0. The molecule has 0 unspecified atom stereocenters. The van der Waals surface area contributed by atoms with Gasteiger partial charge in [-0.1, -0.05) is 42.5 Å². The topological polar surface area (TPSA) is 0 Å². The average Bonchev–Trinajstić information content (AvgIpc) is 2.22. The molecule has 0 bridgehead atoms. The zero-order chi connectivity index (χ0) is 9.90. The van der Waals surface area contributed by atoms with Crippen molar-refractivity contribution in [2.24, 2.45) is 0 Å². The fourth-order valence-corrected chi connectivity index (χ4v) is 1.34. The third-order valence-electron chi connectivity index (χ3n) is 2.15. The Kier molecular flexibility index (Phi) is 6.74. The maximum atomic E-state index is 3.27. The third-order valence-corrected chi connectivity index (χ3v) is 2.15. The molecule has 0 atom stereocenters. The summed E-state index contributed by atoms with van der Waals surface area (Å²) < 4.78 is 0. The monoisotopic (exact) mass is 187 g/mol. The zero-order valence-corrected chi connectivity index (χ0v) is 8.78. The lowest BCUT2D eigenvalue weighted by Gasteiger charge is -1.91. The van der Waals surface area contributed by atoms with Gasteiger partial charge < -0.3 is 0 Å². The van der Waals surface area contributed by atoms with Gasteiger partial charge in [0.25, 0.3) is 0 Å². The molecule has 14 heavy (non-hydrogen) atoms. The lowest BCUT2D eigenvalue weighted by Crippen LogP contribution is -1.71. The van der Waals surface area contributed by atoms with Crippen LogP contribution in [0.4, 0.5) is 0 Å². The van der Waals surface area contributed by atoms with Gasteiger partial charge in [-0.2, -0.15) is 0 Å². The lowest BCUT2D eigenvalue weighted by atomic mass is 10.2. The Balaban J connectivity index is 2.35. The summed E-state index contributed by atoms with van der Waals surface area (Å²) in [6.45, 7) is 0. The van der Waals surface area contributed by atoms with Gasteiger partial charge in [-0.05, 0) is 44.6 Å². The minimum Gasteiger partial charge on any atom is -0.0885 e. The highest BCUT2D eigenvalue weighted by Crippen LogP contribution is 2.02. The molecule has 0 saturated heterocycles. The number of hydrogen-bond donors (Lipinski definition) is 0. The first-order valence-electron chi connectivity index (χ1n) is 5.52. The van der Waals surface area contributed by atoms with E-state index in [-0.39, 0.29) is 0 Å². The predicted molar refractivity (Wildman–Crippen MR) is 62.9 cm³/mol. The van der Waals surface area contributed by atoms with Crippen molar-refractivity contribution in [2.75, 3.05) is 0 Å². The molecule has 0 aromatic carbocycles. The molecule has 0 spiro atoms. The van der Waals surface area contributed by atoms with Crippen LogP contribution in [0.5, 0.6) is 0 Å². The molecule has 0 heterocycles. The van der Waals surface area contributed by atoms with E-state index in [2.05, 4.69) is 48.6 Å². The summed E-state index contributed by atoms with van der Waals surface area (Å²) >= 11 is 0. The van der Waals surface area contributed by atoms with Crippen LogP contribution >= 0.6 is 0 Å². The Bertz CT molecular complexity index is 228. The van der Waals surface area contributed by atoms with Gasteiger partial charge in [0.1, 0.15) is 0 Å². The van der Waals surface area contributed by atoms with Gasteiger partial charge in [0.2, 0.25) is 0 Å². The van der Waals surface area contributed by atoms with Crippen molar-refractivity contribution < 1.29 is 0 Å². The third kappa shape index (κ3) is 6.47. The summed E-state index contributed by atoms with van der Waals surface area (Å²) in [5.74, 6) is 0. The van der Waals surface area contributed by atoms with Gasteiger partial charge >= 0.3 is 0 Å². The molecule has 1 rings (SSSR count). The van der Waals surface area contributed by atoms with Crippen molar-refractivity contribution in [3.8, 4) is 0 Å². The molecule has 0 nitrogen and oxygen atoms in total. The second-order valence-electron chi connectivity index (χ2n) is 3.45. The fourth-order valence-electron chi connectivity index (χ4n) is 1.34. The molecular formula is C14H19. The standard InChI is InChI=1S/C14H19/c1-2-4-6-8-10-12-14-13-11-9-7-5-3-1/h1-4,9-11H,5-7,12-14H2/b3-1-,4-2+,10-8?,11-9-. The maximum Gasteiger partial charge on any atom is -0.00948 e. The Labute approximate surface area is 87.7 Å².